The van der Waals surface area contributed by atoms with Gasteiger partial charge in [0.25, 0.3) is 5.91 Å². The lowest BCUT2D eigenvalue weighted by Gasteiger charge is -2.11. The average Bonchev–Trinajstić information content (AvgIpc) is 2.41. The minimum atomic E-state index is -1.05. The van der Waals surface area contributed by atoms with E-state index in [4.69, 9.17) is 0 Å². The molecule has 0 fully saturated rings. The first-order valence-corrected chi connectivity index (χ1v) is 6.61. The maximum absolute atomic E-state index is 12.3. The van der Waals surface area contributed by atoms with Crippen molar-refractivity contribution in [3.8, 4) is 0 Å². The van der Waals surface area contributed by atoms with Crippen LogP contribution < -0.4 is 5.32 Å². The molecule has 108 valence electrons. The first-order valence-electron chi connectivity index (χ1n) is 6.61. The molecule has 0 unspecified atom stereocenters. The number of aromatic carboxylic acids is 1. The molecule has 0 atom stereocenters. The Morgan fingerprint density at radius 1 is 0.952 bits per heavy atom. The summed E-state index contributed by atoms with van der Waals surface area (Å²) in [6.45, 7) is 5.61. The second-order valence-electron chi connectivity index (χ2n) is 5.06. The van der Waals surface area contributed by atoms with Crippen LogP contribution in [0.2, 0.25) is 0 Å². The van der Waals surface area contributed by atoms with Gasteiger partial charge in [-0.3, -0.25) is 4.79 Å². The Hall–Kier alpha value is -2.62. The molecular weight excluding hydrogens is 266 g/mol. The minimum Gasteiger partial charge on any atom is -0.478 e. The van der Waals surface area contributed by atoms with Gasteiger partial charge < -0.3 is 10.4 Å². The predicted octanol–water partition coefficient (Wildman–Crippen LogP) is 3.56. The van der Waals surface area contributed by atoms with E-state index in [1.165, 1.54) is 0 Å². The largest absolute Gasteiger partial charge is 0.478 e. The molecule has 4 heteroatoms. The van der Waals surface area contributed by atoms with Gasteiger partial charge in [0.05, 0.1) is 11.3 Å². The molecule has 0 radical (unpaired) electrons. The fourth-order valence-corrected chi connectivity index (χ4v) is 2.13. The van der Waals surface area contributed by atoms with Crippen molar-refractivity contribution in [2.45, 2.75) is 20.8 Å². The van der Waals surface area contributed by atoms with E-state index in [0.717, 1.165) is 11.1 Å². The zero-order chi connectivity index (χ0) is 15.6. The monoisotopic (exact) mass is 283 g/mol. The number of carboxylic acid groups (broad SMARTS) is 1. The summed E-state index contributed by atoms with van der Waals surface area (Å²) in [7, 11) is 0. The van der Waals surface area contributed by atoms with Crippen molar-refractivity contribution in [1.29, 1.82) is 0 Å². The quantitative estimate of drug-likeness (QED) is 0.905. The minimum absolute atomic E-state index is 0.120. The van der Waals surface area contributed by atoms with Crippen LogP contribution in [-0.4, -0.2) is 17.0 Å². The Labute approximate surface area is 123 Å². The molecule has 0 aliphatic carbocycles. The summed E-state index contributed by atoms with van der Waals surface area (Å²) in [5.74, 6) is -1.37. The third-order valence-corrected chi connectivity index (χ3v) is 3.50. The lowest BCUT2D eigenvalue weighted by Crippen LogP contribution is -2.15. The number of aryl methyl sites for hydroxylation is 3. The highest BCUT2D eigenvalue weighted by Crippen LogP contribution is 2.21. The summed E-state index contributed by atoms with van der Waals surface area (Å²) in [6, 6.07) is 10.4. The molecular formula is C17H17NO3. The highest BCUT2D eigenvalue weighted by molar-refractivity contribution is 6.08. The number of amides is 1. The van der Waals surface area contributed by atoms with Crippen LogP contribution in [0.5, 0.6) is 0 Å². The van der Waals surface area contributed by atoms with Crippen LogP contribution in [0.4, 0.5) is 5.69 Å². The smallest absolute Gasteiger partial charge is 0.338 e. The van der Waals surface area contributed by atoms with Crippen LogP contribution in [0.25, 0.3) is 0 Å². The van der Waals surface area contributed by atoms with E-state index in [2.05, 4.69) is 5.32 Å². The van der Waals surface area contributed by atoms with E-state index >= 15 is 0 Å². The number of anilines is 1. The summed E-state index contributed by atoms with van der Waals surface area (Å²) in [4.78, 5) is 23.6. The topological polar surface area (TPSA) is 66.4 Å². The molecule has 0 heterocycles. The molecule has 2 aromatic carbocycles. The molecule has 1 amide bonds. The van der Waals surface area contributed by atoms with Crippen molar-refractivity contribution < 1.29 is 14.7 Å². The molecule has 0 spiro atoms. The zero-order valence-electron chi connectivity index (χ0n) is 12.2. The van der Waals surface area contributed by atoms with Crippen LogP contribution in [-0.2, 0) is 0 Å². The van der Waals surface area contributed by atoms with Gasteiger partial charge in [-0.25, -0.2) is 4.79 Å². The molecule has 2 rings (SSSR count). The van der Waals surface area contributed by atoms with E-state index < -0.39 is 5.97 Å². The molecule has 4 nitrogen and oxygen atoms in total. The average molecular weight is 283 g/mol. The normalized spacial score (nSPS) is 10.2. The van der Waals surface area contributed by atoms with Crippen molar-refractivity contribution in [3.63, 3.8) is 0 Å². The zero-order valence-corrected chi connectivity index (χ0v) is 12.2. The lowest BCUT2D eigenvalue weighted by molar-refractivity contribution is 0.0697. The molecule has 0 aromatic heterocycles. The SMILES string of the molecule is Cc1ccc(C(=O)Nc2cccc(C)c2C(=O)O)cc1C. The van der Waals surface area contributed by atoms with Crippen molar-refractivity contribution in [3.05, 3.63) is 64.2 Å². The predicted molar refractivity (Wildman–Crippen MR) is 82.0 cm³/mol. The maximum Gasteiger partial charge on any atom is 0.338 e. The Balaban J connectivity index is 2.34. The molecule has 21 heavy (non-hydrogen) atoms. The van der Waals surface area contributed by atoms with Crippen LogP contribution in [0, 0.1) is 20.8 Å². The third-order valence-electron chi connectivity index (χ3n) is 3.50. The van der Waals surface area contributed by atoms with Crippen molar-refractivity contribution >= 4 is 17.6 Å². The number of hydrogen-bond donors (Lipinski definition) is 2. The van der Waals surface area contributed by atoms with Gasteiger partial charge in [-0.15, -0.1) is 0 Å². The maximum atomic E-state index is 12.3. The van der Waals surface area contributed by atoms with Gasteiger partial charge in [0, 0.05) is 5.56 Å². The fourth-order valence-electron chi connectivity index (χ4n) is 2.13. The van der Waals surface area contributed by atoms with Crippen molar-refractivity contribution in [2.75, 3.05) is 5.32 Å². The van der Waals surface area contributed by atoms with Gasteiger partial charge in [-0.2, -0.15) is 0 Å². The molecule has 0 saturated heterocycles. The summed E-state index contributed by atoms with van der Waals surface area (Å²) in [6.07, 6.45) is 0. The number of nitrogens with one attached hydrogen (secondary N) is 1. The second-order valence-corrected chi connectivity index (χ2v) is 5.06. The van der Waals surface area contributed by atoms with Gasteiger partial charge in [-0.05, 0) is 55.7 Å². The van der Waals surface area contributed by atoms with Crippen LogP contribution >= 0.6 is 0 Å². The summed E-state index contributed by atoms with van der Waals surface area (Å²) >= 11 is 0. The van der Waals surface area contributed by atoms with Crippen LogP contribution in [0.1, 0.15) is 37.4 Å². The van der Waals surface area contributed by atoms with Crippen LogP contribution in [0.15, 0.2) is 36.4 Å². The molecule has 0 saturated carbocycles. The fraction of sp³-hybridized carbons (Fsp3) is 0.176. The lowest BCUT2D eigenvalue weighted by atomic mass is 10.0. The number of hydrogen-bond acceptors (Lipinski definition) is 2. The third kappa shape index (κ3) is 3.11. The summed E-state index contributed by atoms with van der Waals surface area (Å²) in [5, 5.41) is 11.9. The Morgan fingerprint density at radius 2 is 1.67 bits per heavy atom. The van der Waals surface area contributed by atoms with E-state index in [9.17, 15) is 14.7 Å². The standard InChI is InChI=1S/C17H17NO3/c1-10-7-8-13(9-12(10)3)16(19)18-14-6-4-5-11(2)15(14)17(20)21/h4-9H,1-3H3,(H,18,19)(H,20,21). The number of carbonyl (C=O) groups is 2. The summed E-state index contributed by atoms with van der Waals surface area (Å²) < 4.78 is 0. The van der Waals surface area contributed by atoms with Gasteiger partial charge in [0.15, 0.2) is 0 Å². The van der Waals surface area contributed by atoms with Crippen LogP contribution in [0.3, 0.4) is 0 Å². The number of rotatable bonds is 3. The van der Waals surface area contributed by atoms with Crippen molar-refractivity contribution in [1.82, 2.24) is 0 Å². The van der Waals surface area contributed by atoms with E-state index in [0.29, 0.717) is 16.8 Å². The van der Waals surface area contributed by atoms with Gasteiger partial charge in [0.2, 0.25) is 0 Å². The number of carboxylic acids is 1. The first kappa shape index (κ1) is 14.8. The first-order chi connectivity index (χ1) is 9.90. The van der Waals surface area contributed by atoms with Gasteiger partial charge >= 0.3 is 5.97 Å². The van der Waals surface area contributed by atoms with E-state index in [-0.39, 0.29) is 11.5 Å². The Bertz CT molecular complexity index is 720. The van der Waals surface area contributed by atoms with Gasteiger partial charge in [0.1, 0.15) is 0 Å². The summed E-state index contributed by atoms with van der Waals surface area (Å²) in [5.41, 5.74) is 3.68. The Kier molecular flexibility index (Phi) is 4.08. The van der Waals surface area contributed by atoms with Gasteiger partial charge in [-0.1, -0.05) is 18.2 Å². The molecule has 0 aliphatic heterocycles. The number of benzene rings is 2. The highest BCUT2D eigenvalue weighted by atomic mass is 16.4. The van der Waals surface area contributed by atoms with Crippen molar-refractivity contribution in [2.24, 2.45) is 0 Å². The van der Waals surface area contributed by atoms with E-state index in [1.54, 1.807) is 37.3 Å². The highest BCUT2D eigenvalue weighted by Gasteiger charge is 2.15. The Morgan fingerprint density at radius 3 is 2.29 bits per heavy atom. The molecule has 0 bridgehead atoms. The molecule has 2 N–H and O–H groups in total. The molecule has 2 aromatic rings. The second kappa shape index (κ2) is 5.79. The van der Waals surface area contributed by atoms with E-state index in [1.807, 2.05) is 19.9 Å². The molecule has 0 aliphatic rings. The number of carbonyl (C=O) groups excluding carboxylic acids is 1.